The van der Waals surface area contributed by atoms with Gasteiger partial charge in [0.2, 0.25) is 5.91 Å². The van der Waals surface area contributed by atoms with Gasteiger partial charge in [0.05, 0.1) is 32.6 Å². The zero-order valence-corrected chi connectivity index (χ0v) is 25.3. The zero-order chi connectivity index (χ0) is 30.1. The number of hydrogen-bond donors (Lipinski definition) is 1. The summed E-state index contributed by atoms with van der Waals surface area (Å²) in [6, 6.07) is 22.4. The number of nitrogens with one attached hydrogen (secondary N) is 1. The molecule has 0 fully saturated rings. The molecule has 3 aromatic carbocycles. The quantitative estimate of drug-likeness (QED) is 0.262. The SMILES string of the molecule is COc1ccc(-c2csc(NC(=O)CN3CCOCCOc4ccc(-c5cncnc5)cc4Cc4cccc(c4)C3)n2)cc1. The Kier molecular flexibility index (Phi) is 9.51. The Morgan fingerprint density at radius 3 is 2.61 bits per heavy atom. The molecule has 224 valence electrons. The van der Waals surface area contributed by atoms with Gasteiger partial charge >= 0.3 is 0 Å². The van der Waals surface area contributed by atoms with Gasteiger partial charge in [-0.25, -0.2) is 15.0 Å². The number of ether oxygens (including phenoxy) is 3. The molecule has 1 aliphatic heterocycles. The van der Waals surface area contributed by atoms with Gasteiger partial charge in [-0.15, -0.1) is 11.3 Å². The number of methoxy groups -OCH3 is 1. The second-order valence-corrected chi connectivity index (χ2v) is 11.3. The van der Waals surface area contributed by atoms with Gasteiger partial charge in [-0.05, 0) is 58.7 Å². The third-order valence-corrected chi connectivity index (χ3v) is 8.04. The van der Waals surface area contributed by atoms with Crippen LogP contribution in [0.3, 0.4) is 0 Å². The molecular weight excluding hydrogens is 574 g/mol. The fraction of sp³-hybridized carbons (Fsp3) is 0.235. The Morgan fingerprint density at radius 1 is 0.955 bits per heavy atom. The number of carbonyl (C=O) groups is 1. The largest absolute Gasteiger partial charge is 0.497 e. The fourth-order valence-electron chi connectivity index (χ4n) is 5.11. The highest BCUT2D eigenvalue weighted by molar-refractivity contribution is 7.14. The summed E-state index contributed by atoms with van der Waals surface area (Å²) in [4.78, 5) is 28.2. The Bertz CT molecular complexity index is 1690. The lowest BCUT2D eigenvalue weighted by Gasteiger charge is -2.22. The van der Waals surface area contributed by atoms with Crippen LogP contribution in [-0.2, 0) is 22.5 Å². The van der Waals surface area contributed by atoms with Crippen molar-refractivity contribution >= 4 is 22.4 Å². The molecule has 0 saturated carbocycles. The van der Waals surface area contributed by atoms with E-state index in [1.165, 1.54) is 23.2 Å². The average molecular weight is 608 g/mol. The number of aromatic nitrogens is 3. The van der Waals surface area contributed by atoms with E-state index in [4.69, 9.17) is 14.2 Å². The van der Waals surface area contributed by atoms with Gasteiger partial charge in [-0.3, -0.25) is 9.69 Å². The molecule has 0 saturated heterocycles. The van der Waals surface area contributed by atoms with Crippen LogP contribution in [0.25, 0.3) is 22.4 Å². The van der Waals surface area contributed by atoms with Gasteiger partial charge in [0.15, 0.2) is 5.13 Å². The van der Waals surface area contributed by atoms with Crippen LogP contribution in [0.1, 0.15) is 16.7 Å². The van der Waals surface area contributed by atoms with Crippen molar-refractivity contribution in [2.45, 2.75) is 13.0 Å². The lowest BCUT2D eigenvalue weighted by atomic mass is 9.98. The van der Waals surface area contributed by atoms with E-state index in [0.717, 1.165) is 45.0 Å². The van der Waals surface area contributed by atoms with Crippen molar-refractivity contribution < 1.29 is 19.0 Å². The second kappa shape index (κ2) is 14.2. The molecular formula is C34H33N5O4S. The normalized spacial score (nSPS) is 14.1. The van der Waals surface area contributed by atoms with E-state index in [9.17, 15) is 4.79 Å². The highest BCUT2D eigenvalue weighted by Gasteiger charge is 2.16. The molecule has 9 nitrogen and oxygen atoms in total. The maximum Gasteiger partial charge on any atom is 0.240 e. The molecule has 3 heterocycles. The van der Waals surface area contributed by atoms with Crippen molar-refractivity contribution in [3.05, 3.63) is 108 Å². The molecule has 1 aliphatic rings. The van der Waals surface area contributed by atoms with E-state index in [2.05, 4.69) is 55.5 Å². The van der Waals surface area contributed by atoms with E-state index in [1.807, 2.05) is 54.2 Å². The summed E-state index contributed by atoms with van der Waals surface area (Å²) in [5.74, 6) is 1.51. The topological polar surface area (TPSA) is 98.7 Å². The van der Waals surface area contributed by atoms with Crippen LogP contribution in [0.5, 0.6) is 11.5 Å². The molecule has 0 unspecified atom stereocenters. The van der Waals surface area contributed by atoms with Gasteiger partial charge in [-0.1, -0.05) is 30.3 Å². The summed E-state index contributed by atoms with van der Waals surface area (Å²) in [7, 11) is 1.64. The summed E-state index contributed by atoms with van der Waals surface area (Å²) in [5.41, 5.74) is 7.13. The Labute approximate surface area is 260 Å². The van der Waals surface area contributed by atoms with Crippen LogP contribution in [-0.4, -0.2) is 65.8 Å². The zero-order valence-electron chi connectivity index (χ0n) is 24.4. The third-order valence-electron chi connectivity index (χ3n) is 7.29. The van der Waals surface area contributed by atoms with Crippen LogP contribution in [0.4, 0.5) is 5.13 Å². The Morgan fingerprint density at radius 2 is 1.77 bits per heavy atom. The van der Waals surface area contributed by atoms with Gasteiger partial charge in [0.1, 0.15) is 24.4 Å². The van der Waals surface area contributed by atoms with Gasteiger partial charge in [0, 0.05) is 48.4 Å². The molecule has 5 aromatic rings. The predicted octanol–water partition coefficient (Wildman–Crippen LogP) is 5.72. The van der Waals surface area contributed by atoms with E-state index in [-0.39, 0.29) is 12.5 Å². The van der Waals surface area contributed by atoms with Crippen LogP contribution < -0.4 is 14.8 Å². The number of rotatable bonds is 6. The number of anilines is 1. The molecule has 0 aliphatic carbocycles. The number of carbonyl (C=O) groups excluding carboxylic acids is 1. The summed E-state index contributed by atoms with van der Waals surface area (Å²) < 4.78 is 17.3. The van der Waals surface area contributed by atoms with E-state index in [1.54, 1.807) is 7.11 Å². The first-order chi connectivity index (χ1) is 21.6. The number of fused-ring (bicyclic) bond motifs is 3. The van der Waals surface area contributed by atoms with Crippen molar-refractivity contribution in [3.8, 4) is 33.9 Å². The Balaban J connectivity index is 1.15. The Hall–Kier alpha value is -4.64. The second-order valence-electron chi connectivity index (χ2n) is 10.4. The minimum absolute atomic E-state index is 0.118. The highest BCUT2D eigenvalue weighted by atomic mass is 32.1. The summed E-state index contributed by atoms with van der Waals surface area (Å²) >= 11 is 1.41. The maximum atomic E-state index is 13.1. The maximum absolute atomic E-state index is 13.1. The molecule has 44 heavy (non-hydrogen) atoms. The number of hydrogen-bond acceptors (Lipinski definition) is 9. The molecule has 2 bridgehead atoms. The lowest BCUT2D eigenvalue weighted by Crippen LogP contribution is -2.35. The monoisotopic (exact) mass is 607 g/mol. The first kappa shape index (κ1) is 29.4. The average Bonchev–Trinajstić information content (AvgIpc) is 3.51. The van der Waals surface area contributed by atoms with Crippen molar-refractivity contribution in [2.24, 2.45) is 0 Å². The number of nitrogens with zero attached hydrogens (tertiary/aromatic N) is 4. The van der Waals surface area contributed by atoms with E-state index in [0.29, 0.717) is 44.5 Å². The van der Waals surface area contributed by atoms with Crippen molar-refractivity contribution in [1.82, 2.24) is 19.9 Å². The molecule has 0 spiro atoms. The van der Waals surface area contributed by atoms with Crippen LogP contribution in [0, 0.1) is 0 Å². The molecule has 1 amide bonds. The van der Waals surface area contributed by atoms with E-state index >= 15 is 0 Å². The summed E-state index contributed by atoms with van der Waals surface area (Å²) in [5, 5.41) is 5.48. The highest BCUT2D eigenvalue weighted by Crippen LogP contribution is 2.29. The van der Waals surface area contributed by atoms with Crippen molar-refractivity contribution in [2.75, 3.05) is 45.3 Å². The summed E-state index contributed by atoms with van der Waals surface area (Å²) in [6.45, 7) is 2.80. The van der Waals surface area contributed by atoms with Crippen LogP contribution in [0.15, 0.2) is 90.8 Å². The lowest BCUT2D eigenvalue weighted by molar-refractivity contribution is -0.117. The fourth-order valence-corrected chi connectivity index (χ4v) is 5.85. The molecule has 0 radical (unpaired) electrons. The van der Waals surface area contributed by atoms with Crippen molar-refractivity contribution in [1.29, 1.82) is 0 Å². The molecule has 6 rings (SSSR count). The molecule has 2 aromatic heterocycles. The van der Waals surface area contributed by atoms with Gasteiger partial charge in [0.25, 0.3) is 0 Å². The minimum atomic E-state index is -0.118. The first-order valence-electron chi connectivity index (χ1n) is 14.4. The number of amides is 1. The molecule has 0 atom stereocenters. The smallest absolute Gasteiger partial charge is 0.240 e. The van der Waals surface area contributed by atoms with Crippen LogP contribution >= 0.6 is 11.3 Å². The predicted molar refractivity (Wildman–Crippen MR) is 171 cm³/mol. The molecule has 10 heteroatoms. The van der Waals surface area contributed by atoms with Gasteiger partial charge in [-0.2, -0.15) is 0 Å². The van der Waals surface area contributed by atoms with Crippen LogP contribution in [0.2, 0.25) is 0 Å². The summed E-state index contributed by atoms with van der Waals surface area (Å²) in [6.07, 6.45) is 5.86. The standard InChI is InChI=1S/C34H33N5O4S/c1-41-30-8-5-26(6-9-30)31-22-44-34(37-31)38-33(40)21-39-11-12-42-13-14-43-32-10-7-27(29-18-35-23-36-19-29)17-28(32)16-24-3-2-4-25(15-24)20-39/h2-10,15,17-19,22-23H,11-14,16,20-21H2,1H3,(H,37,38,40). The third kappa shape index (κ3) is 7.65. The first-order valence-corrected chi connectivity index (χ1v) is 15.3. The number of benzene rings is 3. The number of thiazole rings is 1. The van der Waals surface area contributed by atoms with E-state index < -0.39 is 0 Å². The van der Waals surface area contributed by atoms with Crippen molar-refractivity contribution in [3.63, 3.8) is 0 Å². The molecule has 1 N–H and O–H groups in total. The minimum Gasteiger partial charge on any atom is -0.497 e. The van der Waals surface area contributed by atoms with Gasteiger partial charge < -0.3 is 19.5 Å².